The third-order valence-electron chi connectivity index (χ3n) is 6.91. The maximum absolute atomic E-state index is 13.6. The molecular formula is C31H31FN4O3. The van der Waals surface area contributed by atoms with Crippen LogP contribution in [0.1, 0.15) is 47.4 Å². The molecule has 0 spiro atoms. The van der Waals surface area contributed by atoms with Crippen LogP contribution < -0.4 is 15.4 Å². The van der Waals surface area contributed by atoms with Gasteiger partial charge in [0, 0.05) is 43.5 Å². The molecule has 7 nitrogen and oxygen atoms in total. The summed E-state index contributed by atoms with van der Waals surface area (Å²) in [6.45, 7) is 4.66. The number of hydrogen-bond donors (Lipinski definition) is 2. The van der Waals surface area contributed by atoms with Gasteiger partial charge in [0.05, 0.1) is 6.20 Å². The third-order valence-corrected chi connectivity index (χ3v) is 6.91. The van der Waals surface area contributed by atoms with Crippen molar-refractivity contribution in [2.75, 3.05) is 13.6 Å². The Hall–Kier alpha value is -4.46. The van der Waals surface area contributed by atoms with E-state index in [0.29, 0.717) is 29.3 Å². The highest BCUT2D eigenvalue weighted by Crippen LogP contribution is 2.47. The molecule has 1 aromatic heterocycles. The summed E-state index contributed by atoms with van der Waals surface area (Å²) in [6, 6.07) is 17.5. The van der Waals surface area contributed by atoms with Gasteiger partial charge < -0.3 is 15.4 Å². The summed E-state index contributed by atoms with van der Waals surface area (Å²) in [6.07, 6.45) is 3.04. The Labute approximate surface area is 227 Å². The first-order valence-corrected chi connectivity index (χ1v) is 12.9. The molecule has 3 aromatic carbocycles. The molecule has 4 aromatic rings. The van der Waals surface area contributed by atoms with Crippen molar-refractivity contribution in [1.82, 2.24) is 20.4 Å². The SMILES string of the molecule is CNC(=O)C1c2cc(-c3ccc(-c4cnn(C)c4)c(C(=O)NCC(C)C)c3)ccc2OC1c1ccc(F)cc1. The molecule has 8 heteroatoms. The fourth-order valence-electron chi connectivity index (χ4n) is 4.91. The second kappa shape index (κ2) is 10.7. The van der Waals surface area contributed by atoms with E-state index in [-0.39, 0.29) is 17.6 Å². The van der Waals surface area contributed by atoms with Crippen LogP contribution in [0.3, 0.4) is 0 Å². The maximum atomic E-state index is 13.6. The van der Waals surface area contributed by atoms with Gasteiger partial charge in [0.25, 0.3) is 5.91 Å². The molecule has 2 atom stereocenters. The number of carbonyl (C=O) groups is 2. The highest BCUT2D eigenvalue weighted by Gasteiger charge is 2.40. The smallest absolute Gasteiger partial charge is 0.251 e. The van der Waals surface area contributed by atoms with Crippen LogP contribution >= 0.6 is 0 Å². The van der Waals surface area contributed by atoms with Gasteiger partial charge >= 0.3 is 0 Å². The third kappa shape index (κ3) is 5.27. The van der Waals surface area contributed by atoms with Crippen molar-refractivity contribution in [3.05, 3.63) is 95.6 Å². The van der Waals surface area contributed by atoms with Crippen LogP contribution in [0.15, 0.2) is 73.1 Å². The Bertz CT molecular complexity index is 1530. The molecule has 0 bridgehead atoms. The van der Waals surface area contributed by atoms with Gasteiger partial charge in [-0.1, -0.05) is 44.2 Å². The van der Waals surface area contributed by atoms with E-state index in [9.17, 15) is 14.0 Å². The first kappa shape index (κ1) is 26.2. The molecule has 200 valence electrons. The van der Waals surface area contributed by atoms with Crippen molar-refractivity contribution in [1.29, 1.82) is 0 Å². The number of rotatable bonds is 7. The summed E-state index contributed by atoms with van der Waals surface area (Å²) in [5.41, 5.74) is 5.32. The lowest BCUT2D eigenvalue weighted by Gasteiger charge is -2.18. The predicted octanol–water partition coefficient (Wildman–Crippen LogP) is 5.24. The second-order valence-electron chi connectivity index (χ2n) is 10.2. The molecule has 39 heavy (non-hydrogen) atoms. The maximum Gasteiger partial charge on any atom is 0.251 e. The zero-order valence-electron chi connectivity index (χ0n) is 22.4. The molecule has 1 aliphatic rings. The number of ether oxygens (including phenoxy) is 1. The highest BCUT2D eigenvalue weighted by atomic mass is 19.1. The Morgan fingerprint density at radius 3 is 2.41 bits per heavy atom. The van der Waals surface area contributed by atoms with Crippen molar-refractivity contribution in [2.24, 2.45) is 13.0 Å². The van der Waals surface area contributed by atoms with Crippen LogP contribution in [-0.2, 0) is 11.8 Å². The van der Waals surface area contributed by atoms with Crippen LogP contribution in [0.2, 0.25) is 0 Å². The summed E-state index contributed by atoms with van der Waals surface area (Å²) in [4.78, 5) is 26.3. The first-order valence-electron chi connectivity index (χ1n) is 12.9. The molecule has 1 aliphatic heterocycles. The quantitative estimate of drug-likeness (QED) is 0.345. The average Bonchev–Trinajstić information content (AvgIpc) is 3.54. The van der Waals surface area contributed by atoms with E-state index in [1.54, 1.807) is 30.1 Å². The van der Waals surface area contributed by atoms with E-state index in [1.165, 1.54) is 12.1 Å². The number of nitrogens with zero attached hydrogens (tertiary/aromatic N) is 2. The lowest BCUT2D eigenvalue weighted by molar-refractivity contribution is -0.123. The fourth-order valence-corrected chi connectivity index (χ4v) is 4.91. The van der Waals surface area contributed by atoms with E-state index in [2.05, 4.69) is 15.7 Å². The molecular weight excluding hydrogens is 495 g/mol. The number of nitrogens with one attached hydrogen (secondary N) is 2. The van der Waals surface area contributed by atoms with Gasteiger partial charge in [-0.25, -0.2) is 4.39 Å². The van der Waals surface area contributed by atoms with Gasteiger partial charge in [0.1, 0.15) is 23.6 Å². The van der Waals surface area contributed by atoms with Crippen molar-refractivity contribution in [3.63, 3.8) is 0 Å². The Balaban J connectivity index is 1.55. The van der Waals surface area contributed by atoms with Crippen LogP contribution in [-0.4, -0.2) is 35.2 Å². The standard InChI is InChI=1S/C31H31FN4O3/c1-18(2)15-34-30(37)25-13-20(7-11-24(25)22-16-35-36(4)17-22)21-8-12-27-26(14-21)28(31(38)33-3)29(39-27)19-5-9-23(32)10-6-19/h5-14,16-18,28-29H,15H2,1-4H3,(H,33,38)(H,34,37). The summed E-state index contributed by atoms with van der Waals surface area (Å²) in [7, 11) is 3.43. The van der Waals surface area contributed by atoms with Gasteiger partial charge in [-0.3, -0.25) is 14.3 Å². The minimum absolute atomic E-state index is 0.159. The number of aryl methyl sites for hydroxylation is 1. The van der Waals surface area contributed by atoms with Gasteiger partial charge in [-0.2, -0.15) is 5.10 Å². The lowest BCUT2D eigenvalue weighted by atomic mass is 9.88. The Morgan fingerprint density at radius 2 is 1.74 bits per heavy atom. The van der Waals surface area contributed by atoms with Crippen molar-refractivity contribution in [3.8, 4) is 28.0 Å². The van der Waals surface area contributed by atoms with Gasteiger partial charge in [0.2, 0.25) is 5.91 Å². The van der Waals surface area contributed by atoms with Gasteiger partial charge in [-0.15, -0.1) is 0 Å². The number of carbonyl (C=O) groups excluding carboxylic acids is 2. The normalized spacial score (nSPS) is 16.1. The van der Waals surface area contributed by atoms with E-state index in [0.717, 1.165) is 27.8 Å². The number of amides is 2. The number of fused-ring (bicyclic) bond motifs is 1. The van der Waals surface area contributed by atoms with E-state index in [4.69, 9.17) is 4.74 Å². The Kier molecular flexibility index (Phi) is 7.19. The zero-order valence-corrected chi connectivity index (χ0v) is 22.4. The van der Waals surface area contributed by atoms with Crippen molar-refractivity contribution >= 4 is 11.8 Å². The molecule has 5 rings (SSSR count). The second-order valence-corrected chi connectivity index (χ2v) is 10.2. The topological polar surface area (TPSA) is 85.2 Å². The lowest BCUT2D eigenvalue weighted by Crippen LogP contribution is -2.28. The summed E-state index contributed by atoms with van der Waals surface area (Å²) in [5.74, 6) is -0.403. The van der Waals surface area contributed by atoms with Crippen LogP contribution in [0, 0.1) is 11.7 Å². The van der Waals surface area contributed by atoms with Crippen LogP contribution in [0.5, 0.6) is 5.75 Å². The molecule has 0 radical (unpaired) electrons. The monoisotopic (exact) mass is 526 g/mol. The minimum atomic E-state index is -0.612. The molecule has 2 heterocycles. The molecule has 2 unspecified atom stereocenters. The first-order chi connectivity index (χ1) is 18.7. The summed E-state index contributed by atoms with van der Waals surface area (Å²) in [5, 5.41) is 10.0. The molecule has 0 saturated heterocycles. The van der Waals surface area contributed by atoms with Crippen molar-refractivity contribution < 1.29 is 18.7 Å². The highest BCUT2D eigenvalue weighted by molar-refractivity contribution is 6.02. The largest absolute Gasteiger partial charge is 0.484 e. The molecule has 0 saturated carbocycles. The summed E-state index contributed by atoms with van der Waals surface area (Å²) >= 11 is 0. The molecule has 2 amide bonds. The van der Waals surface area contributed by atoms with E-state index in [1.807, 2.05) is 63.5 Å². The van der Waals surface area contributed by atoms with Crippen LogP contribution in [0.4, 0.5) is 4.39 Å². The summed E-state index contributed by atoms with van der Waals surface area (Å²) < 4.78 is 21.5. The van der Waals surface area contributed by atoms with E-state index >= 15 is 0 Å². The number of likely N-dealkylation sites (N-methyl/N-ethyl adjacent to an activating group) is 1. The average molecular weight is 527 g/mol. The van der Waals surface area contributed by atoms with Crippen LogP contribution in [0.25, 0.3) is 22.3 Å². The predicted molar refractivity (Wildman–Crippen MR) is 148 cm³/mol. The van der Waals surface area contributed by atoms with Gasteiger partial charge in [0.15, 0.2) is 0 Å². The Morgan fingerprint density at radius 1 is 1.03 bits per heavy atom. The zero-order chi connectivity index (χ0) is 27.7. The molecule has 0 aliphatic carbocycles. The number of benzene rings is 3. The number of hydrogen-bond acceptors (Lipinski definition) is 4. The van der Waals surface area contributed by atoms with Gasteiger partial charge in [-0.05, 0) is 58.5 Å². The van der Waals surface area contributed by atoms with E-state index < -0.39 is 12.0 Å². The molecule has 0 fully saturated rings. The molecule has 2 N–H and O–H groups in total. The minimum Gasteiger partial charge on any atom is -0.484 e. The number of aromatic nitrogens is 2. The van der Waals surface area contributed by atoms with Crippen molar-refractivity contribution in [2.45, 2.75) is 25.9 Å². The fraction of sp³-hybridized carbons (Fsp3) is 0.258. The number of halogens is 1.